The first-order chi connectivity index (χ1) is 11.7. The van der Waals surface area contributed by atoms with Crippen LogP contribution in [0.15, 0.2) is 48.8 Å². The zero-order chi connectivity index (χ0) is 18.4. The van der Waals surface area contributed by atoms with Crippen molar-refractivity contribution in [3.8, 4) is 11.1 Å². The average Bonchev–Trinajstić information content (AvgIpc) is 2.54. The van der Waals surface area contributed by atoms with Crippen molar-refractivity contribution in [1.29, 1.82) is 0 Å². The molecule has 1 heterocycles. The Morgan fingerprint density at radius 3 is 2.36 bits per heavy atom. The molecule has 0 bridgehead atoms. The molecule has 0 aliphatic rings. The van der Waals surface area contributed by atoms with E-state index >= 15 is 0 Å². The molecule has 6 nitrogen and oxygen atoms in total. The Kier molecular flexibility index (Phi) is 5.75. The number of hydrogen-bond acceptors (Lipinski definition) is 4. The number of carbonyl (C=O) groups excluding carboxylic acids is 1. The lowest BCUT2D eigenvalue weighted by molar-refractivity contribution is -0.139. The number of nitrogens with one attached hydrogen (secondary N) is 1. The lowest BCUT2D eigenvalue weighted by Crippen LogP contribution is -2.44. The minimum absolute atomic E-state index is 0.169. The molecule has 0 radical (unpaired) electrons. The topological polar surface area (TPSA) is 88.5 Å². The summed E-state index contributed by atoms with van der Waals surface area (Å²) in [6.07, 6.45) is 2.89. The van der Waals surface area contributed by atoms with E-state index in [-0.39, 0.29) is 6.42 Å². The van der Waals surface area contributed by atoms with Crippen molar-refractivity contribution in [3.05, 3.63) is 54.4 Å². The first kappa shape index (κ1) is 18.4. The van der Waals surface area contributed by atoms with Gasteiger partial charge < -0.3 is 15.2 Å². The molecule has 0 fully saturated rings. The molecule has 2 aromatic rings. The molecular weight excluding hydrogens is 320 g/mol. The van der Waals surface area contributed by atoms with Gasteiger partial charge in [0.05, 0.1) is 0 Å². The van der Waals surface area contributed by atoms with Gasteiger partial charge in [-0.2, -0.15) is 0 Å². The van der Waals surface area contributed by atoms with E-state index in [2.05, 4.69) is 10.3 Å². The van der Waals surface area contributed by atoms with Crippen LogP contribution in [0, 0.1) is 0 Å². The van der Waals surface area contributed by atoms with Crippen molar-refractivity contribution in [1.82, 2.24) is 10.3 Å². The minimum Gasteiger partial charge on any atom is -0.480 e. The number of amides is 1. The summed E-state index contributed by atoms with van der Waals surface area (Å²) in [6, 6.07) is 10.2. The zero-order valence-corrected chi connectivity index (χ0v) is 14.5. The Balaban J connectivity index is 2.04. The van der Waals surface area contributed by atoms with E-state index in [4.69, 9.17) is 4.74 Å². The van der Waals surface area contributed by atoms with Gasteiger partial charge in [-0.25, -0.2) is 9.59 Å². The van der Waals surface area contributed by atoms with Crippen molar-refractivity contribution >= 4 is 12.1 Å². The highest BCUT2D eigenvalue weighted by molar-refractivity contribution is 5.80. The summed E-state index contributed by atoms with van der Waals surface area (Å²) in [6.45, 7) is 5.17. The van der Waals surface area contributed by atoms with Gasteiger partial charge in [0.25, 0.3) is 0 Å². The summed E-state index contributed by atoms with van der Waals surface area (Å²) in [4.78, 5) is 27.3. The van der Waals surface area contributed by atoms with Gasteiger partial charge in [-0.15, -0.1) is 0 Å². The highest BCUT2D eigenvalue weighted by Crippen LogP contribution is 2.19. The lowest BCUT2D eigenvalue weighted by Gasteiger charge is -2.22. The van der Waals surface area contributed by atoms with Crippen LogP contribution in [0.1, 0.15) is 26.3 Å². The molecule has 0 saturated carbocycles. The maximum Gasteiger partial charge on any atom is 0.408 e. The molecule has 1 amide bonds. The van der Waals surface area contributed by atoms with Crippen LogP contribution >= 0.6 is 0 Å². The predicted octanol–water partition coefficient (Wildman–Crippen LogP) is 3.27. The molecule has 0 spiro atoms. The van der Waals surface area contributed by atoms with Crippen molar-refractivity contribution in [3.63, 3.8) is 0 Å². The minimum atomic E-state index is -1.11. The molecule has 0 unspecified atom stereocenters. The third-order valence-electron chi connectivity index (χ3n) is 3.38. The Morgan fingerprint density at radius 2 is 1.84 bits per heavy atom. The first-order valence-corrected chi connectivity index (χ1v) is 7.96. The van der Waals surface area contributed by atoms with Crippen LogP contribution in [-0.2, 0) is 16.0 Å². The van der Waals surface area contributed by atoms with Crippen molar-refractivity contribution < 1.29 is 19.4 Å². The number of pyridine rings is 1. The van der Waals surface area contributed by atoms with Crippen LogP contribution in [0.4, 0.5) is 4.79 Å². The van der Waals surface area contributed by atoms with E-state index in [1.165, 1.54) is 0 Å². The summed E-state index contributed by atoms with van der Waals surface area (Å²) in [5.74, 6) is -1.11. The van der Waals surface area contributed by atoms with Gasteiger partial charge >= 0.3 is 12.1 Å². The van der Waals surface area contributed by atoms with Gasteiger partial charge in [0, 0.05) is 18.8 Å². The highest BCUT2D eigenvalue weighted by atomic mass is 16.6. The Morgan fingerprint density at radius 1 is 1.16 bits per heavy atom. The van der Waals surface area contributed by atoms with Gasteiger partial charge in [-0.1, -0.05) is 30.3 Å². The largest absolute Gasteiger partial charge is 0.480 e. The standard InChI is InChI=1S/C19H22N2O4/c1-19(2,3)25-18(24)21-16(17(22)23)11-13-6-8-14(9-7-13)15-5-4-10-20-12-15/h4-10,12,16H,11H2,1-3H3,(H,21,24)(H,22,23)/t16-/m0/s1. The van der Waals surface area contributed by atoms with E-state index in [9.17, 15) is 14.7 Å². The van der Waals surface area contributed by atoms with Gasteiger partial charge in [-0.05, 0) is 43.5 Å². The van der Waals surface area contributed by atoms with Crippen LogP contribution in [0.3, 0.4) is 0 Å². The summed E-state index contributed by atoms with van der Waals surface area (Å²) >= 11 is 0. The number of nitrogens with zero attached hydrogens (tertiary/aromatic N) is 1. The second-order valence-electron chi connectivity index (χ2n) is 6.68. The number of carbonyl (C=O) groups is 2. The average molecular weight is 342 g/mol. The van der Waals surface area contributed by atoms with Crippen LogP contribution in [0.25, 0.3) is 11.1 Å². The SMILES string of the molecule is CC(C)(C)OC(=O)N[C@@H](Cc1ccc(-c2cccnc2)cc1)C(=O)O. The second kappa shape index (κ2) is 7.79. The number of aromatic nitrogens is 1. The molecule has 6 heteroatoms. The van der Waals surface area contributed by atoms with Crippen LogP contribution in [-0.4, -0.2) is 33.8 Å². The van der Waals surface area contributed by atoms with E-state index in [0.717, 1.165) is 16.7 Å². The fourth-order valence-corrected chi connectivity index (χ4v) is 2.25. The van der Waals surface area contributed by atoms with E-state index in [1.54, 1.807) is 33.2 Å². The van der Waals surface area contributed by atoms with Gasteiger partial charge in [0.1, 0.15) is 11.6 Å². The van der Waals surface area contributed by atoms with E-state index in [1.807, 2.05) is 36.4 Å². The predicted molar refractivity (Wildman–Crippen MR) is 94.2 cm³/mol. The summed E-state index contributed by atoms with van der Waals surface area (Å²) in [5.41, 5.74) is 2.09. The normalized spacial score (nSPS) is 12.3. The first-order valence-electron chi connectivity index (χ1n) is 7.96. The number of aliphatic carboxylic acids is 1. The van der Waals surface area contributed by atoms with Gasteiger partial charge in [0.2, 0.25) is 0 Å². The monoisotopic (exact) mass is 342 g/mol. The van der Waals surface area contributed by atoms with Crippen LogP contribution < -0.4 is 5.32 Å². The summed E-state index contributed by atoms with van der Waals surface area (Å²) in [7, 11) is 0. The lowest BCUT2D eigenvalue weighted by atomic mass is 10.0. The van der Waals surface area contributed by atoms with Crippen LogP contribution in [0.2, 0.25) is 0 Å². The number of benzene rings is 1. The number of carboxylic acid groups (broad SMARTS) is 1. The smallest absolute Gasteiger partial charge is 0.408 e. The molecule has 1 aromatic heterocycles. The molecule has 132 valence electrons. The summed E-state index contributed by atoms with van der Waals surface area (Å²) < 4.78 is 5.11. The number of rotatable bonds is 5. The molecule has 0 saturated heterocycles. The molecule has 2 N–H and O–H groups in total. The van der Waals surface area contributed by atoms with Gasteiger partial charge in [-0.3, -0.25) is 4.98 Å². The summed E-state index contributed by atoms with van der Waals surface area (Å²) in [5, 5.41) is 11.7. The van der Waals surface area contributed by atoms with E-state index < -0.39 is 23.7 Å². The molecule has 1 aromatic carbocycles. The van der Waals surface area contributed by atoms with Crippen molar-refractivity contribution in [2.24, 2.45) is 0 Å². The van der Waals surface area contributed by atoms with Gasteiger partial charge in [0.15, 0.2) is 0 Å². The molecule has 0 aliphatic heterocycles. The van der Waals surface area contributed by atoms with E-state index in [0.29, 0.717) is 0 Å². The quantitative estimate of drug-likeness (QED) is 0.870. The van der Waals surface area contributed by atoms with Crippen LogP contribution in [0.5, 0.6) is 0 Å². The number of alkyl carbamates (subject to hydrolysis) is 1. The molecule has 0 aliphatic carbocycles. The number of hydrogen-bond donors (Lipinski definition) is 2. The Labute approximate surface area is 146 Å². The number of ether oxygens (including phenoxy) is 1. The zero-order valence-electron chi connectivity index (χ0n) is 14.5. The van der Waals surface area contributed by atoms with Crippen molar-refractivity contribution in [2.75, 3.05) is 0 Å². The molecule has 1 atom stereocenters. The molecule has 25 heavy (non-hydrogen) atoms. The molecular formula is C19H22N2O4. The Bertz CT molecular complexity index is 721. The highest BCUT2D eigenvalue weighted by Gasteiger charge is 2.24. The third-order valence-corrected chi connectivity index (χ3v) is 3.38. The molecule has 2 rings (SSSR count). The maximum atomic E-state index is 11.8. The fraction of sp³-hybridized carbons (Fsp3) is 0.316. The second-order valence-corrected chi connectivity index (χ2v) is 6.68. The maximum absolute atomic E-state index is 11.8. The third kappa shape index (κ3) is 5.91. The van der Waals surface area contributed by atoms with Crippen molar-refractivity contribution in [2.45, 2.75) is 38.8 Å². The number of carboxylic acids is 1. The Hall–Kier alpha value is -2.89. The fourth-order valence-electron chi connectivity index (χ4n) is 2.25.